The summed E-state index contributed by atoms with van der Waals surface area (Å²) in [7, 11) is 1.88. The van der Waals surface area contributed by atoms with E-state index in [0.29, 0.717) is 11.8 Å². The highest BCUT2D eigenvalue weighted by Crippen LogP contribution is 2.25. The highest BCUT2D eigenvalue weighted by molar-refractivity contribution is 5.73. The molecular formula is C16H23NO7. The summed E-state index contributed by atoms with van der Waals surface area (Å²) in [6.07, 6.45) is -7.23. The van der Waals surface area contributed by atoms with Gasteiger partial charge in [0.05, 0.1) is 0 Å². The quantitative estimate of drug-likeness (QED) is 0.451. The predicted octanol–water partition coefficient (Wildman–Crippen LogP) is -0.892. The van der Waals surface area contributed by atoms with Crippen molar-refractivity contribution in [3.8, 4) is 5.75 Å². The van der Waals surface area contributed by atoms with E-state index in [-0.39, 0.29) is 0 Å². The number of nitrogens with one attached hydrogen (secondary N) is 1. The van der Waals surface area contributed by atoms with E-state index in [0.717, 1.165) is 12.0 Å². The number of ether oxygens (including phenoxy) is 2. The van der Waals surface area contributed by atoms with E-state index in [1.807, 2.05) is 19.2 Å². The third kappa shape index (κ3) is 4.22. The first kappa shape index (κ1) is 18.6. The van der Waals surface area contributed by atoms with Crippen LogP contribution in [0.15, 0.2) is 24.3 Å². The number of carboxylic acids is 1. The Kier molecular flexibility index (Phi) is 6.14. The Morgan fingerprint density at radius 1 is 1.21 bits per heavy atom. The van der Waals surface area contributed by atoms with Crippen LogP contribution in [0.2, 0.25) is 0 Å². The monoisotopic (exact) mass is 341 g/mol. The molecule has 0 spiro atoms. The minimum atomic E-state index is -1.73. The van der Waals surface area contributed by atoms with Gasteiger partial charge in [-0.2, -0.15) is 0 Å². The van der Waals surface area contributed by atoms with Crippen LogP contribution in [0.3, 0.4) is 0 Å². The van der Waals surface area contributed by atoms with Crippen LogP contribution < -0.4 is 10.1 Å². The van der Waals surface area contributed by atoms with Crippen molar-refractivity contribution >= 4 is 5.97 Å². The third-order valence-electron chi connectivity index (χ3n) is 4.02. The Morgan fingerprint density at radius 2 is 1.83 bits per heavy atom. The molecular weight excluding hydrogens is 318 g/mol. The number of hydrogen-bond donors (Lipinski definition) is 5. The number of likely N-dealkylation sites (N-methyl/N-ethyl adjacent to an activating group) is 1. The van der Waals surface area contributed by atoms with Crippen molar-refractivity contribution in [1.29, 1.82) is 0 Å². The average Bonchev–Trinajstić information content (AvgIpc) is 2.56. The first-order valence-corrected chi connectivity index (χ1v) is 7.68. The van der Waals surface area contributed by atoms with Crippen molar-refractivity contribution in [2.75, 3.05) is 7.05 Å². The predicted molar refractivity (Wildman–Crippen MR) is 83.6 cm³/mol. The van der Waals surface area contributed by atoms with Gasteiger partial charge < -0.3 is 35.2 Å². The second kappa shape index (κ2) is 7.91. The highest BCUT2D eigenvalue weighted by atomic mass is 16.7. The van der Waals surface area contributed by atoms with E-state index in [9.17, 15) is 20.1 Å². The summed E-state index contributed by atoms with van der Waals surface area (Å²) in [6.45, 7) is 2.05. The normalized spacial score (nSPS) is 31.5. The Labute approximate surface area is 139 Å². The molecule has 134 valence electrons. The maximum absolute atomic E-state index is 11.1. The summed E-state index contributed by atoms with van der Waals surface area (Å²) in [4.78, 5) is 11.1. The number of aliphatic carboxylic acids is 1. The average molecular weight is 341 g/mol. The molecule has 1 saturated heterocycles. The molecule has 5 N–H and O–H groups in total. The maximum Gasteiger partial charge on any atom is 0.335 e. The van der Waals surface area contributed by atoms with Gasteiger partial charge in [-0.1, -0.05) is 12.1 Å². The number of rotatable bonds is 6. The van der Waals surface area contributed by atoms with E-state index < -0.39 is 36.7 Å². The van der Waals surface area contributed by atoms with Gasteiger partial charge in [-0.05, 0) is 38.1 Å². The van der Waals surface area contributed by atoms with Crippen LogP contribution in [0, 0.1) is 0 Å². The van der Waals surface area contributed by atoms with Crippen LogP contribution in [-0.4, -0.2) is 70.2 Å². The molecule has 24 heavy (non-hydrogen) atoms. The zero-order chi connectivity index (χ0) is 17.9. The summed E-state index contributed by atoms with van der Waals surface area (Å²) >= 11 is 0. The summed E-state index contributed by atoms with van der Waals surface area (Å²) in [5, 5.41) is 41.4. The molecule has 0 bridgehead atoms. The van der Waals surface area contributed by atoms with Crippen molar-refractivity contribution in [1.82, 2.24) is 5.32 Å². The lowest BCUT2D eigenvalue weighted by Gasteiger charge is -2.38. The molecule has 1 aliphatic heterocycles. The van der Waals surface area contributed by atoms with Crippen molar-refractivity contribution in [2.45, 2.75) is 50.1 Å². The van der Waals surface area contributed by atoms with Crippen molar-refractivity contribution < 1.29 is 34.7 Å². The standard InChI is InChI=1S/C16H23NO7/c1-8(17-2)7-9-3-5-10(6-4-9)23-16-13(20)11(18)12(19)14(24-16)15(21)22/h3-6,8,11-14,16-20H,7H2,1-2H3,(H,21,22)/t8?,11-,12-,13+,14-,16?/m0/s1. The SMILES string of the molecule is CNC(C)Cc1ccc(OC2O[C@H](C(=O)O)[C@@H](O)[C@H](O)[C@H]2O)cc1. The fourth-order valence-corrected chi connectivity index (χ4v) is 2.44. The number of aliphatic hydroxyl groups is 3. The Balaban J connectivity index is 2.05. The molecule has 0 aromatic heterocycles. The molecule has 1 aliphatic rings. The zero-order valence-corrected chi connectivity index (χ0v) is 13.5. The fraction of sp³-hybridized carbons (Fsp3) is 0.562. The smallest absolute Gasteiger partial charge is 0.335 e. The molecule has 0 aliphatic carbocycles. The van der Waals surface area contributed by atoms with E-state index in [2.05, 4.69) is 12.2 Å². The number of carboxylic acid groups (broad SMARTS) is 1. The number of hydrogen-bond acceptors (Lipinski definition) is 7. The second-order valence-electron chi connectivity index (χ2n) is 5.89. The molecule has 8 heteroatoms. The van der Waals surface area contributed by atoms with E-state index in [1.165, 1.54) is 0 Å². The number of aliphatic hydroxyl groups excluding tert-OH is 3. The second-order valence-corrected chi connectivity index (χ2v) is 5.89. The summed E-state index contributed by atoms with van der Waals surface area (Å²) < 4.78 is 10.5. The molecule has 1 aromatic rings. The van der Waals surface area contributed by atoms with Gasteiger partial charge >= 0.3 is 5.97 Å². The van der Waals surface area contributed by atoms with Crippen LogP contribution >= 0.6 is 0 Å². The molecule has 1 aromatic carbocycles. The lowest BCUT2D eigenvalue weighted by atomic mass is 9.99. The minimum Gasteiger partial charge on any atom is -0.479 e. The lowest BCUT2D eigenvalue weighted by Crippen LogP contribution is -2.61. The van der Waals surface area contributed by atoms with Gasteiger partial charge in [0.2, 0.25) is 6.29 Å². The van der Waals surface area contributed by atoms with Gasteiger partial charge in [-0.15, -0.1) is 0 Å². The van der Waals surface area contributed by atoms with E-state index in [4.69, 9.17) is 14.6 Å². The van der Waals surface area contributed by atoms with E-state index in [1.54, 1.807) is 12.1 Å². The van der Waals surface area contributed by atoms with Gasteiger partial charge in [-0.3, -0.25) is 0 Å². The fourth-order valence-electron chi connectivity index (χ4n) is 2.44. The largest absolute Gasteiger partial charge is 0.479 e. The van der Waals surface area contributed by atoms with E-state index >= 15 is 0 Å². The van der Waals surface area contributed by atoms with Crippen molar-refractivity contribution in [3.05, 3.63) is 29.8 Å². The van der Waals surface area contributed by atoms with Crippen LogP contribution in [0.4, 0.5) is 0 Å². The van der Waals surface area contributed by atoms with Crippen LogP contribution in [0.25, 0.3) is 0 Å². The molecule has 2 rings (SSSR count). The summed E-state index contributed by atoms with van der Waals surface area (Å²) in [5.41, 5.74) is 1.08. The van der Waals surface area contributed by atoms with Gasteiger partial charge in [0.15, 0.2) is 6.10 Å². The Bertz CT molecular complexity index is 550. The van der Waals surface area contributed by atoms with Crippen LogP contribution in [-0.2, 0) is 16.0 Å². The van der Waals surface area contributed by atoms with Crippen LogP contribution in [0.1, 0.15) is 12.5 Å². The minimum absolute atomic E-state index is 0.313. The molecule has 1 heterocycles. The van der Waals surface area contributed by atoms with Gasteiger partial charge in [0, 0.05) is 6.04 Å². The Morgan fingerprint density at radius 3 is 2.38 bits per heavy atom. The van der Waals surface area contributed by atoms with Gasteiger partial charge in [0.25, 0.3) is 0 Å². The molecule has 0 amide bonds. The zero-order valence-electron chi connectivity index (χ0n) is 13.5. The van der Waals surface area contributed by atoms with Crippen molar-refractivity contribution in [2.24, 2.45) is 0 Å². The Hall–Kier alpha value is -1.71. The molecule has 6 atom stereocenters. The first-order valence-electron chi connectivity index (χ1n) is 7.68. The molecule has 0 radical (unpaired) electrons. The number of carbonyl (C=O) groups is 1. The summed E-state index contributed by atoms with van der Waals surface area (Å²) in [6, 6.07) is 7.34. The molecule has 1 fully saturated rings. The number of benzene rings is 1. The summed E-state index contributed by atoms with van der Waals surface area (Å²) in [5.74, 6) is -1.09. The lowest BCUT2D eigenvalue weighted by molar-refractivity contribution is -0.271. The highest BCUT2D eigenvalue weighted by Gasteiger charge is 2.48. The molecule has 8 nitrogen and oxygen atoms in total. The third-order valence-corrected chi connectivity index (χ3v) is 4.02. The van der Waals surface area contributed by atoms with Crippen molar-refractivity contribution in [3.63, 3.8) is 0 Å². The molecule has 2 unspecified atom stereocenters. The topological polar surface area (TPSA) is 128 Å². The first-order chi connectivity index (χ1) is 11.3. The maximum atomic E-state index is 11.1. The molecule has 0 saturated carbocycles. The van der Waals surface area contributed by atoms with Gasteiger partial charge in [0.1, 0.15) is 24.1 Å². The van der Waals surface area contributed by atoms with Gasteiger partial charge in [-0.25, -0.2) is 4.79 Å². The van der Waals surface area contributed by atoms with Crippen LogP contribution in [0.5, 0.6) is 5.75 Å².